The van der Waals surface area contributed by atoms with Crippen LogP contribution < -0.4 is 0 Å². The van der Waals surface area contributed by atoms with E-state index in [9.17, 15) is 9.50 Å². The minimum Gasteiger partial charge on any atom is -0.388 e. The predicted molar refractivity (Wildman–Crippen MR) is 100 cm³/mol. The minimum atomic E-state index is -0.507. The summed E-state index contributed by atoms with van der Waals surface area (Å²) in [7, 11) is 0. The molecule has 3 rings (SSSR count). The molecule has 0 radical (unpaired) electrons. The molecule has 1 saturated heterocycles. The highest BCUT2D eigenvalue weighted by Gasteiger charge is 2.20. The minimum absolute atomic E-state index is 0.264. The Kier molecular flexibility index (Phi) is 6.46. The van der Waals surface area contributed by atoms with Crippen molar-refractivity contribution in [1.29, 1.82) is 0 Å². The van der Waals surface area contributed by atoms with Gasteiger partial charge in [-0.25, -0.2) is 4.39 Å². The fourth-order valence-electron chi connectivity index (χ4n) is 3.58. The number of benzene rings is 2. The van der Waals surface area contributed by atoms with E-state index < -0.39 is 6.10 Å². The SMILES string of the molecule is OC(CCCN1CCC(c2ccc(Cl)cc2)CC1)c1ccc(F)cc1. The first-order valence-electron chi connectivity index (χ1n) is 9.03. The highest BCUT2D eigenvalue weighted by molar-refractivity contribution is 6.30. The van der Waals surface area contributed by atoms with Crippen LogP contribution in [-0.4, -0.2) is 29.6 Å². The van der Waals surface area contributed by atoms with E-state index in [-0.39, 0.29) is 5.82 Å². The lowest BCUT2D eigenvalue weighted by atomic mass is 9.89. The predicted octanol–water partition coefficient (Wildman–Crippen LogP) is 5.17. The molecule has 1 N–H and O–H groups in total. The average molecular weight is 362 g/mol. The summed E-state index contributed by atoms with van der Waals surface area (Å²) in [4.78, 5) is 2.48. The number of aliphatic hydroxyl groups is 1. The monoisotopic (exact) mass is 361 g/mol. The molecule has 0 bridgehead atoms. The lowest BCUT2D eigenvalue weighted by Crippen LogP contribution is -2.33. The van der Waals surface area contributed by atoms with E-state index in [1.165, 1.54) is 30.5 Å². The molecule has 0 aliphatic carbocycles. The summed E-state index contributed by atoms with van der Waals surface area (Å²) in [5, 5.41) is 11.0. The largest absolute Gasteiger partial charge is 0.388 e. The molecule has 1 aliphatic heterocycles. The first-order chi connectivity index (χ1) is 12.1. The summed E-state index contributed by atoms with van der Waals surface area (Å²) in [6.45, 7) is 3.20. The molecule has 1 unspecified atom stereocenters. The molecule has 0 aromatic heterocycles. The van der Waals surface area contributed by atoms with Crippen LogP contribution in [0, 0.1) is 5.82 Å². The molecule has 2 nitrogen and oxygen atoms in total. The van der Waals surface area contributed by atoms with Crippen molar-refractivity contribution in [2.45, 2.75) is 37.7 Å². The molecule has 0 saturated carbocycles. The molecule has 25 heavy (non-hydrogen) atoms. The number of hydrogen-bond donors (Lipinski definition) is 1. The maximum Gasteiger partial charge on any atom is 0.123 e. The maximum atomic E-state index is 12.9. The number of nitrogens with zero attached hydrogens (tertiary/aromatic N) is 1. The van der Waals surface area contributed by atoms with E-state index >= 15 is 0 Å². The molecule has 1 aliphatic rings. The van der Waals surface area contributed by atoms with Gasteiger partial charge < -0.3 is 10.0 Å². The van der Waals surface area contributed by atoms with Crippen LogP contribution in [0.25, 0.3) is 0 Å². The van der Waals surface area contributed by atoms with Gasteiger partial charge in [-0.2, -0.15) is 0 Å². The second kappa shape index (κ2) is 8.79. The van der Waals surface area contributed by atoms with Crippen LogP contribution in [0.5, 0.6) is 0 Å². The maximum absolute atomic E-state index is 12.9. The van der Waals surface area contributed by atoms with Gasteiger partial charge >= 0.3 is 0 Å². The molecular formula is C21H25ClFNO. The number of rotatable bonds is 6. The molecule has 1 atom stereocenters. The topological polar surface area (TPSA) is 23.5 Å². The Morgan fingerprint density at radius 3 is 2.32 bits per heavy atom. The number of halogens is 2. The van der Waals surface area contributed by atoms with Crippen LogP contribution >= 0.6 is 11.6 Å². The summed E-state index contributed by atoms with van der Waals surface area (Å²) in [5.74, 6) is 0.359. The number of aliphatic hydroxyl groups excluding tert-OH is 1. The average Bonchev–Trinajstić information content (AvgIpc) is 2.63. The van der Waals surface area contributed by atoms with Gasteiger partial charge in [0.15, 0.2) is 0 Å². The van der Waals surface area contributed by atoms with Crippen molar-refractivity contribution in [3.05, 3.63) is 70.5 Å². The van der Waals surface area contributed by atoms with Crippen molar-refractivity contribution in [3.63, 3.8) is 0 Å². The summed E-state index contributed by atoms with van der Waals surface area (Å²) < 4.78 is 12.9. The van der Waals surface area contributed by atoms with Crippen LogP contribution in [0.3, 0.4) is 0 Å². The summed E-state index contributed by atoms with van der Waals surface area (Å²) >= 11 is 5.96. The van der Waals surface area contributed by atoms with E-state index in [4.69, 9.17) is 11.6 Å². The van der Waals surface area contributed by atoms with Gasteiger partial charge in [-0.1, -0.05) is 35.9 Å². The highest BCUT2D eigenvalue weighted by atomic mass is 35.5. The third-order valence-electron chi connectivity index (χ3n) is 5.14. The quantitative estimate of drug-likeness (QED) is 0.767. The van der Waals surface area contributed by atoms with E-state index in [2.05, 4.69) is 17.0 Å². The Balaban J connectivity index is 1.39. The zero-order valence-corrected chi connectivity index (χ0v) is 15.1. The summed E-state index contributed by atoms with van der Waals surface area (Å²) in [6, 6.07) is 14.4. The fourth-order valence-corrected chi connectivity index (χ4v) is 3.71. The lowest BCUT2D eigenvalue weighted by Gasteiger charge is -2.32. The van der Waals surface area contributed by atoms with Gasteiger partial charge in [0.05, 0.1) is 6.10 Å². The van der Waals surface area contributed by atoms with Crippen LogP contribution in [0.4, 0.5) is 4.39 Å². The van der Waals surface area contributed by atoms with E-state index in [0.29, 0.717) is 12.3 Å². The van der Waals surface area contributed by atoms with Crippen LogP contribution in [0.2, 0.25) is 5.02 Å². The number of hydrogen-bond acceptors (Lipinski definition) is 2. The van der Waals surface area contributed by atoms with Gasteiger partial charge in [-0.15, -0.1) is 0 Å². The second-order valence-electron chi connectivity index (χ2n) is 6.88. The fraction of sp³-hybridized carbons (Fsp3) is 0.429. The van der Waals surface area contributed by atoms with Crippen molar-refractivity contribution >= 4 is 11.6 Å². The molecule has 2 aromatic rings. The van der Waals surface area contributed by atoms with Gasteiger partial charge in [0, 0.05) is 5.02 Å². The Hall–Kier alpha value is -1.42. The first kappa shape index (κ1) is 18.4. The van der Waals surface area contributed by atoms with Gasteiger partial charge in [0.25, 0.3) is 0 Å². The molecule has 0 spiro atoms. The van der Waals surface area contributed by atoms with Crippen molar-refractivity contribution < 1.29 is 9.50 Å². The zero-order valence-electron chi connectivity index (χ0n) is 14.4. The molecule has 1 heterocycles. The highest BCUT2D eigenvalue weighted by Crippen LogP contribution is 2.29. The molecule has 2 aromatic carbocycles. The van der Waals surface area contributed by atoms with Crippen molar-refractivity contribution in [3.8, 4) is 0 Å². The van der Waals surface area contributed by atoms with E-state index in [0.717, 1.165) is 36.6 Å². The smallest absolute Gasteiger partial charge is 0.123 e. The van der Waals surface area contributed by atoms with E-state index in [1.807, 2.05) is 12.1 Å². The number of piperidine rings is 1. The Labute approximate surface area is 154 Å². The Morgan fingerprint density at radius 2 is 1.68 bits per heavy atom. The van der Waals surface area contributed by atoms with Crippen molar-refractivity contribution in [1.82, 2.24) is 4.90 Å². The molecule has 134 valence electrons. The third kappa shape index (κ3) is 5.27. The van der Waals surface area contributed by atoms with Crippen molar-refractivity contribution in [2.75, 3.05) is 19.6 Å². The normalized spacial score (nSPS) is 17.6. The molecule has 4 heteroatoms. The van der Waals surface area contributed by atoms with Gasteiger partial charge in [-0.3, -0.25) is 0 Å². The summed E-state index contributed by atoms with van der Waals surface area (Å²) in [5.41, 5.74) is 2.18. The van der Waals surface area contributed by atoms with Gasteiger partial charge in [0.1, 0.15) is 5.82 Å². The van der Waals surface area contributed by atoms with E-state index in [1.54, 1.807) is 12.1 Å². The second-order valence-corrected chi connectivity index (χ2v) is 7.31. The molecule has 1 fully saturated rings. The van der Waals surface area contributed by atoms with Gasteiger partial charge in [-0.05, 0) is 86.6 Å². The Morgan fingerprint density at radius 1 is 1.04 bits per heavy atom. The van der Waals surface area contributed by atoms with Crippen LogP contribution in [0.1, 0.15) is 48.8 Å². The van der Waals surface area contributed by atoms with Crippen LogP contribution in [-0.2, 0) is 0 Å². The molecule has 0 amide bonds. The lowest BCUT2D eigenvalue weighted by molar-refractivity contribution is 0.148. The van der Waals surface area contributed by atoms with Crippen molar-refractivity contribution in [2.24, 2.45) is 0 Å². The third-order valence-corrected chi connectivity index (χ3v) is 5.39. The summed E-state index contributed by atoms with van der Waals surface area (Å²) in [6.07, 6.45) is 3.49. The standard InChI is InChI=1S/C21H25ClFNO/c22-19-7-3-16(4-8-19)17-11-14-24(15-12-17)13-1-2-21(25)18-5-9-20(23)10-6-18/h3-10,17,21,25H,1-2,11-15H2. The Bertz CT molecular complexity index is 651. The number of likely N-dealkylation sites (tertiary alicyclic amines) is 1. The first-order valence-corrected chi connectivity index (χ1v) is 9.41. The van der Waals surface area contributed by atoms with Gasteiger partial charge in [0.2, 0.25) is 0 Å². The van der Waals surface area contributed by atoms with Crippen LogP contribution in [0.15, 0.2) is 48.5 Å². The molecular weight excluding hydrogens is 337 g/mol. The zero-order chi connectivity index (χ0) is 17.6.